The number of hydrogen-bond donors (Lipinski definition) is 0. The molecule has 1 aliphatic rings. The van der Waals surface area contributed by atoms with E-state index in [1.807, 2.05) is 58.9 Å². The van der Waals surface area contributed by atoms with Crippen molar-refractivity contribution in [1.29, 1.82) is 0 Å². The molecule has 0 bridgehead atoms. The molecule has 0 spiro atoms. The highest BCUT2D eigenvalue weighted by Gasteiger charge is 2.35. The van der Waals surface area contributed by atoms with Gasteiger partial charge >= 0.3 is 12.2 Å². The molecule has 4 aromatic rings. The highest BCUT2D eigenvalue weighted by Crippen LogP contribution is 2.32. The van der Waals surface area contributed by atoms with Crippen LogP contribution in [0, 0.1) is 6.92 Å². The first-order chi connectivity index (χ1) is 23.8. The van der Waals surface area contributed by atoms with Crippen molar-refractivity contribution >= 4 is 24.0 Å². The third kappa shape index (κ3) is 8.26. The van der Waals surface area contributed by atoms with E-state index in [0.717, 1.165) is 16.7 Å². The Morgan fingerprint density at radius 3 is 2.48 bits per heavy atom. The second-order valence-electron chi connectivity index (χ2n) is 13.5. The van der Waals surface area contributed by atoms with Crippen LogP contribution in [0.2, 0.25) is 0 Å². The van der Waals surface area contributed by atoms with Gasteiger partial charge in [-0.2, -0.15) is 5.10 Å². The number of aryl methyl sites for hydroxylation is 2. The van der Waals surface area contributed by atoms with Crippen molar-refractivity contribution in [3.05, 3.63) is 59.9 Å². The minimum Gasteiger partial charge on any atom is -0.444 e. The molecule has 1 unspecified atom stereocenters. The number of carbonyl (C=O) groups excluding carboxylic acids is 3. The lowest BCUT2D eigenvalue weighted by molar-refractivity contribution is -0.0290. The summed E-state index contributed by atoms with van der Waals surface area (Å²) in [5, 5.41) is 17.3. The monoisotopic (exact) mass is 687 g/mol. The molecule has 0 aliphatic carbocycles. The van der Waals surface area contributed by atoms with Crippen LogP contribution in [0.25, 0.3) is 22.6 Å². The number of tetrazole rings is 1. The van der Waals surface area contributed by atoms with Crippen LogP contribution in [0.1, 0.15) is 83.0 Å². The summed E-state index contributed by atoms with van der Waals surface area (Å²) in [4.78, 5) is 48.7. The van der Waals surface area contributed by atoms with Crippen LogP contribution in [-0.4, -0.2) is 88.9 Å². The zero-order valence-electron chi connectivity index (χ0n) is 29.9. The Morgan fingerprint density at radius 1 is 1.08 bits per heavy atom. The lowest BCUT2D eigenvalue weighted by atomic mass is 10.0. The number of aromatic nitrogens is 7. The molecular weight excluding hydrogens is 642 g/mol. The number of ether oxygens (including phenoxy) is 3. The van der Waals surface area contributed by atoms with E-state index in [-0.39, 0.29) is 23.9 Å². The molecule has 1 aromatic carbocycles. The van der Waals surface area contributed by atoms with Crippen molar-refractivity contribution in [2.45, 2.75) is 91.7 Å². The van der Waals surface area contributed by atoms with E-state index < -0.39 is 24.1 Å². The molecule has 1 saturated heterocycles. The van der Waals surface area contributed by atoms with Crippen LogP contribution in [0.15, 0.2) is 48.8 Å². The van der Waals surface area contributed by atoms with Crippen molar-refractivity contribution < 1.29 is 28.6 Å². The van der Waals surface area contributed by atoms with E-state index in [0.29, 0.717) is 49.4 Å². The van der Waals surface area contributed by atoms with E-state index in [1.165, 1.54) is 4.80 Å². The molecule has 0 saturated carbocycles. The van der Waals surface area contributed by atoms with Crippen molar-refractivity contribution in [2.75, 3.05) is 18.0 Å². The molecule has 2 atom stereocenters. The van der Waals surface area contributed by atoms with Gasteiger partial charge in [-0.05, 0) is 88.9 Å². The topological polar surface area (TPSA) is 160 Å². The molecular formula is C35H45N9O6. The summed E-state index contributed by atoms with van der Waals surface area (Å²) < 4.78 is 17.8. The maximum atomic E-state index is 14.3. The largest absolute Gasteiger partial charge is 0.510 e. The second-order valence-corrected chi connectivity index (χ2v) is 13.5. The Hall–Kier alpha value is -5.34. The number of likely N-dealkylation sites (tertiary alicyclic amines) is 1. The van der Waals surface area contributed by atoms with Crippen LogP contribution in [0.4, 0.5) is 15.4 Å². The van der Waals surface area contributed by atoms with Gasteiger partial charge in [0.1, 0.15) is 17.1 Å². The summed E-state index contributed by atoms with van der Waals surface area (Å²) in [7, 11) is 1.77. The Labute approximate surface area is 291 Å². The van der Waals surface area contributed by atoms with Crippen molar-refractivity contribution in [3.63, 3.8) is 0 Å². The van der Waals surface area contributed by atoms with Gasteiger partial charge < -0.3 is 19.1 Å². The minimum atomic E-state index is -0.817. The van der Waals surface area contributed by atoms with Crippen LogP contribution < -0.4 is 4.90 Å². The third-order valence-electron chi connectivity index (χ3n) is 8.03. The predicted octanol–water partition coefficient (Wildman–Crippen LogP) is 5.96. The number of hydrogen-bond acceptors (Lipinski definition) is 11. The van der Waals surface area contributed by atoms with Crippen LogP contribution in [0.3, 0.4) is 0 Å². The molecule has 2 amide bonds. The lowest BCUT2D eigenvalue weighted by Gasteiger charge is -2.39. The summed E-state index contributed by atoms with van der Waals surface area (Å²) in [6.45, 7) is 13.6. The molecule has 0 radical (unpaired) electrons. The average Bonchev–Trinajstić information content (AvgIpc) is 3.70. The second kappa shape index (κ2) is 15.0. The highest BCUT2D eigenvalue weighted by molar-refractivity contribution is 6.06. The number of pyridine rings is 1. The molecule has 5 rings (SSSR count). The fraction of sp³-hybridized carbons (Fsp3) is 0.486. The number of anilines is 1. The normalized spacial score (nSPS) is 15.5. The first kappa shape index (κ1) is 36.0. The Morgan fingerprint density at radius 2 is 1.82 bits per heavy atom. The van der Waals surface area contributed by atoms with E-state index in [9.17, 15) is 14.4 Å². The van der Waals surface area contributed by atoms with Gasteiger partial charge in [0.25, 0.3) is 5.91 Å². The Kier molecular flexibility index (Phi) is 10.8. The van der Waals surface area contributed by atoms with Gasteiger partial charge in [-0.1, -0.05) is 25.1 Å². The summed E-state index contributed by atoms with van der Waals surface area (Å²) >= 11 is 0. The fourth-order valence-electron chi connectivity index (χ4n) is 5.73. The highest BCUT2D eigenvalue weighted by atomic mass is 16.7. The molecule has 15 nitrogen and oxygen atoms in total. The lowest BCUT2D eigenvalue weighted by Crippen LogP contribution is -2.53. The van der Waals surface area contributed by atoms with E-state index >= 15 is 0 Å². The summed E-state index contributed by atoms with van der Waals surface area (Å²) in [6.07, 6.45) is 2.82. The molecule has 3 aromatic heterocycles. The first-order valence-electron chi connectivity index (χ1n) is 16.8. The van der Waals surface area contributed by atoms with Gasteiger partial charge in [-0.25, -0.2) is 14.6 Å². The van der Waals surface area contributed by atoms with Gasteiger partial charge in [0.2, 0.25) is 12.1 Å². The number of piperidine rings is 1. The third-order valence-corrected chi connectivity index (χ3v) is 8.03. The summed E-state index contributed by atoms with van der Waals surface area (Å²) in [6, 6.07) is 10.7. The quantitative estimate of drug-likeness (QED) is 0.191. The van der Waals surface area contributed by atoms with E-state index in [2.05, 4.69) is 25.5 Å². The zero-order valence-corrected chi connectivity index (χ0v) is 29.9. The average molecular weight is 688 g/mol. The Bertz CT molecular complexity index is 1810. The van der Waals surface area contributed by atoms with Crippen molar-refractivity contribution in [3.8, 4) is 22.6 Å². The van der Waals surface area contributed by atoms with Gasteiger partial charge in [0, 0.05) is 43.9 Å². The van der Waals surface area contributed by atoms with Gasteiger partial charge in [-0.15, -0.1) is 15.0 Å². The predicted molar refractivity (Wildman–Crippen MR) is 184 cm³/mol. The van der Waals surface area contributed by atoms with Crippen molar-refractivity contribution in [1.82, 2.24) is 39.9 Å². The number of amides is 2. The SMILES string of the molecule is CCC(OC(=O)OC(C)C)n1nnc(-c2c(-c3ccc(C(=O)N(c4ncccc4C)[C@@H]4CCCN(C(=O)OC(C)(C)C)C4)cc3)cnn2C)n1. The minimum absolute atomic E-state index is 0.230. The van der Waals surface area contributed by atoms with Gasteiger partial charge in [0.15, 0.2) is 0 Å². The first-order valence-corrected chi connectivity index (χ1v) is 16.8. The molecule has 1 aliphatic heterocycles. The summed E-state index contributed by atoms with van der Waals surface area (Å²) in [5.74, 6) is 0.600. The maximum Gasteiger partial charge on any atom is 0.510 e. The fourth-order valence-corrected chi connectivity index (χ4v) is 5.73. The van der Waals surface area contributed by atoms with Gasteiger partial charge in [-0.3, -0.25) is 14.4 Å². The van der Waals surface area contributed by atoms with E-state index in [1.54, 1.807) is 59.9 Å². The maximum absolute atomic E-state index is 14.3. The molecule has 4 heterocycles. The molecule has 50 heavy (non-hydrogen) atoms. The number of carbonyl (C=O) groups is 3. The Balaban J connectivity index is 1.40. The molecule has 266 valence electrons. The standard InChI is InChI=1S/C35H45N9O6/c1-9-28(49-34(47)48-22(2)3)44-39-30(38-40-44)29-27(20-37-41(29)8)24-14-16-25(17-15-24)32(45)43(31-23(4)12-10-18-36-31)26-13-11-19-42(21-26)33(46)50-35(5,6)7/h10,12,14-18,20,22,26,28H,9,11,13,19,21H2,1-8H3/t26-,28?/m1/s1. The van der Waals surface area contributed by atoms with Crippen LogP contribution in [-0.2, 0) is 21.3 Å². The molecule has 15 heteroatoms. The smallest absolute Gasteiger partial charge is 0.444 e. The molecule has 0 N–H and O–H groups in total. The number of rotatable bonds is 9. The zero-order chi connectivity index (χ0) is 36.2. The number of benzene rings is 1. The van der Waals surface area contributed by atoms with Gasteiger partial charge in [0.05, 0.1) is 18.3 Å². The van der Waals surface area contributed by atoms with Crippen LogP contribution in [0.5, 0.6) is 0 Å². The summed E-state index contributed by atoms with van der Waals surface area (Å²) in [5.41, 5.74) is 2.76. The van der Waals surface area contributed by atoms with E-state index in [4.69, 9.17) is 14.2 Å². The molecule has 1 fully saturated rings. The van der Waals surface area contributed by atoms with Crippen LogP contribution >= 0.6 is 0 Å². The number of nitrogens with zero attached hydrogens (tertiary/aromatic N) is 9. The van der Waals surface area contributed by atoms with Crippen molar-refractivity contribution in [2.24, 2.45) is 7.05 Å².